The first-order valence-electron chi connectivity index (χ1n) is 9.00. The van der Waals surface area contributed by atoms with Gasteiger partial charge in [-0.15, -0.1) is 0 Å². The normalized spacial score (nSPS) is 11.1. The lowest BCUT2D eigenvalue weighted by Gasteiger charge is -2.21. The fraction of sp³-hybridized carbons (Fsp3) is 0.190. The van der Waals surface area contributed by atoms with Crippen LogP contribution in [0.5, 0.6) is 5.75 Å². The van der Waals surface area contributed by atoms with Crippen LogP contribution >= 0.6 is 11.6 Å². The number of aromatic nitrogens is 1. The van der Waals surface area contributed by atoms with E-state index in [1.165, 1.54) is 17.4 Å². The van der Waals surface area contributed by atoms with Crippen LogP contribution in [-0.4, -0.2) is 33.6 Å². The first-order valence-corrected chi connectivity index (χ1v) is 10.8. The number of anilines is 2. The minimum absolute atomic E-state index is 0.0645. The van der Waals surface area contributed by atoms with Crippen LogP contribution < -0.4 is 14.4 Å². The molecule has 1 heterocycles. The Hall–Kier alpha value is -2.77. The van der Waals surface area contributed by atoms with Gasteiger partial charge in [-0.25, -0.2) is 8.42 Å². The lowest BCUT2D eigenvalue weighted by atomic mass is 10.2. The summed E-state index contributed by atoms with van der Waals surface area (Å²) >= 11 is 6.10. The number of ether oxygens (including phenoxy) is 1. The van der Waals surface area contributed by atoms with Crippen molar-refractivity contribution in [2.75, 3.05) is 29.8 Å². The molecular formula is C21H22ClN3O3S. The van der Waals surface area contributed by atoms with Crippen molar-refractivity contribution in [2.24, 2.45) is 0 Å². The number of nitrogens with one attached hydrogen (secondary N) is 1. The molecule has 152 valence electrons. The molecule has 0 saturated carbocycles. The average Bonchev–Trinajstić information content (AvgIpc) is 2.71. The van der Waals surface area contributed by atoms with E-state index in [1.54, 1.807) is 42.7 Å². The Morgan fingerprint density at radius 2 is 1.83 bits per heavy atom. The van der Waals surface area contributed by atoms with Crippen molar-refractivity contribution in [3.63, 3.8) is 0 Å². The Bertz CT molecular complexity index is 1080. The number of aryl methyl sites for hydroxylation is 1. The molecule has 3 rings (SSSR count). The fourth-order valence-corrected chi connectivity index (χ4v) is 4.44. The largest absolute Gasteiger partial charge is 0.492 e. The minimum atomic E-state index is -3.79. The van der Waals surface area contributed by atoms with Gasteiger partial charge in [0.2, 0.25) is 0 Å². The molecule has 0 unspecified atom stereocenters. The van der Waals surface area contributed by atoms with Gasteiger partial charge in [0.15, 0.2) is 0 Å². The molecule has 0 amide bonds. The number of halogens is 1. The zero-order valence-electron chi connectivity index (χ0n) is 16.2. The van der Waals surface area contributed by atoms with Gasteiger partial charge >= 0.3 is 0 Å². The lowest BCUT2D eigenvalue weighted by molar-refractivity contribution is 0.333. The third kappa shape index (κ3) is 5.19. The van der Waals surface area contributed by atoms with Crippen LogP contribution in [0.1, 0.15) is 5.56 Å². The highest BCUT2D eigenvalue weighted by Crippen LogP contribution is 2.30. The van der Waals surface area contributed by atoms with Crippen LogP contribution in [0.3, 0.4) is 0 Å². The second-order valence-electron chi connectivity index (χ2n) is 6.42. The summed E-state index contributed by atoms with van der Waals surface area (Å²) < 4.78 is 33.0. The van der Waals surface area contributed by atoms with Crippen molar-refractivity contribution in [3.8, 4) is 5.75 Å². The Kier molecular flexibility index (Phi) is 6.61. The molecule has 2 aromatic carbocycles. The summed E-state index contributed by atoms with van der Waals surface area (Å²) in [6, 6.07) is 15.5. The average molecular weight is 432 g/mol. The van der Waals surface area contributed by atoms with Gasteiger partial charge in [0.25, 0.3) is 10.0 Å². The molecule has 8 heteroatoms. The van der Waals surface area contributed by atoms with E-state index in [9.17, 15) is 8.42 Å². The molecule has 0 spiro atoms. The van der Waals surface area contributed by atoms with E-state index >= 15 is 0 Å². The minimum Gasteiger partial charge on any atom is -0.492 e. The van der Waals surface area contributed by atoms with E-state index in [0.29, 0.717) is 24.6 Å². The summed E-state index contributed by atoms with van der Waals surface area (Å²) in [5.41, 5.74) is 2.35. The second-order valence-corrected chi connectivity index (χ2v) is 8.76. The Balaban J connectivity index is 1.72. The summed E-state index contributed by atoms with van der Waals surface area (Å²) in [5.74, 6) is 0.595. The molecule has 1 N–H and O–H groups in total. The third-order valence-corrected chi connectivity index (χ3v) is 6.54. The summed E-state index contributed by atoms with van der Waals surface area (Å²) in [7, 11) is -2.29. The predicted molar refractivity (Wildman–Crippen MR) is 116 cm³/mol. The maximum absolute atomic E-state index is 13.0. The zero-order valence-corrected chi connectivity index (χ0v) is 17.7. The van der Waals surface area contributed by atoms with Gasteiger partial charge in [0.05, 0.1) is 10.7 Å². The van der Waals surface area contributed by atoms with Gasteiger partial charge in [0.1, 0.15) is 17.3 Å². The van der Waals surface area contributed by atoms with E-state index in [0.717, 1.165) is 11.3 Å². The number of benzene rings is 2. The predicted octanol–water partition coefficient (Wildman–Crippen LogP) is 4.36. The molecule has 0 saturated heterocycles. The smallest absolute Gasteiger partial charge is 0.265 e. The first-order chi connectivity index (χ1) is 13.9. The Morgan fingerprint density at radius 1 is 1.10 bits per heavy atom. The van der Waals surface area contributed by atoms with Crippen LogP contribution in [-0.2, 0) is 10.0 Å². The van der Waals surface area contributed by atoms with Crippen LogP contribution in [0.15, 0.2) is 71.9 Å². The molecule has 0 aliphatic carbocycles. The molecule has 0 bridgehead atoms. The van der Waals surface area contributed by atoms with Crippen molar-refractivity contribution in [1.29, 1.82) is 0 Å². The SMILES string of the molecule is Cc1cc(OCCNc2ccncc2)cc(N(C)S(=O)(=O)c2ccccc2Cl)c1. The molecule has 0 aliphatic heterocycles. The van der Waals surface area contributed by atoms with Crippen LogP contribution in [0, 0.1) is 6.92 Å². The molecule has 0 aliphatic rings. The molecule has 0 radical (unpaired) electrons. The van der Waals surface area contributed by atoms with Gasteiger partial charge < -0.3 is 10.1 Å². The highest BCUT2D eigenvalue weighted by Gasteiger charge is 2.24. The molecule has 3 aromatic rings. The number of pyridine rings is 1. The molecule has 0 atom stereocenters. The van der Waals surface area contributed by atoms with E-state index in [2.05, 4.69) is 10.3 Å². The standard InChI is InChI=1S/C21H22ClN3O3S/c1-16-13-18(25(2)29(26,27)21-6-4-3-5-20(21)22)15-19(14-16)28-12-11-24-17-7-9-23-10-8-17/h3-10,13-15H,11-12H2,1-2H3,(H,23,24). The molecule has 6 nitrogen and oxygen atoms in total. The number of hydrogen-bond acceptors (Lipinski definition) is 5. The van der Waals surface area contributed by atoms with E-state index in [-0.39, 0.29) is 9.92 Å². The van der Waals surface area contributed by atoms with Gasteiger partial charge in [-0.3, -0.25) is 9.29 Å². The third-order valence-electron chi connectivity index (χ3n) is 4.25. The van der Waals surface area contributed by atoms with Crippen molar-refractivity contribution >= 4 is 33.0 Å². The summed E-state index contributed by atoms with van der Waals surface area (Å²) in [6.07, 6.45) is 3.43. The highest BCUT2D eigenvalue weighted by molar-refractivity contribution is 7.93. The van der Waals surface area contributed by atoms with Gasteiger partial charge in [-0.2, -0.15) is 0 Å². The molecule has 1 aromatic heterocycles. The van der Waals surface area contributed by atoms with Gasteiger partial charge in [-0.05, 0) is 48.9 Å². The number of nitrogens with zero attached hydrogens (tertiary/aromatic N) is 2. The quantitative estimate of drug-likeness (QED) is 0.536. The van der Waals surface area contributed by atoms with Crippen LogP contribution in [0.2, 0.25) is 5.02 Å². The number of rotatable bonds is 8. The van der Waals surface area contributed by atoms with E-state index < -0.39 is 10.0 Å². The van der Waals surface area contributed by atoms with E-state index in [4.69, 9.17) is 16.3 Å². The van der Waals surface area contributed by atoms with Crippen molar-refractivity contribution in [3.05, 3.63) is 77.6 Å². The Labute approximate surface area is 176 Å². The molecular weight excluding hydrogens is 410 g/mol. The van der Waals surface area contributed by atoms with Crippen LogP contribution in [0.4, 0.5) is 11.4 Å². The van der Waals surface area contributed by atoms with Gasteiger partial charge in [0, 0.05) is 37.7 Å². The lowest BCUT2D eigenvalue weighted by Crippen LogP contribution is -2.27. The number of hydrogen-bond donors (Lipinski definition) is 1. The topological polar surface area (TPSA) is 71.5 Å². The summed E-state index contributed by atoms with van der Waals surface area (Å²) in [5, 5.41) is 3.42. The number of sulfonamides is 1. The van der Waals surface area contributed by atoms with Gasteiger partial charge in [-0.1, -0.05) is 23.7 Å². The maximum atomic E-state index is 13.0. The second kappa shape index (κ2) is 9.15. The summed E-state index contributed by atoms with van der Waals surface area (Å²) in [6.45, 7) is 2.91. The zero-order chi connectivity index (χ0) is 20.9. The highest BCUT2D eigenvalue weighted by atomic mass is 35.5. The Morgan fingerprint density at radius 3 is 2.55 bits per heavy atom. The van der Waals surface area contributed by atoms with Crippen molar-refractivity contribution < 1.29 is 13.2 Å². The monoisotopic (exact) mass is 431 g/mol. The molecule has 0 fully saturated rings. The first kappa shape index (κ1) is 21.0. The molecule has 29 heavy (non-hydrogen) atoms. The fourth-order valence-electron chi connectivity index (χ4n) is 2.77. The maximum Gasteiger partial charge on any atom is 0.265 e. The van der Waals surface area contributed by atoms with Crippen LogP contribution in [0.25, 0.3) is 0 Å². The summed E-state index contributed by atoms with van der Waals surface area (Å²) in [4.78, 5) is 4.04. The van der Waals surface area contributed by atoms with Crippen molar-refractivity contribution in [2.45, 2.75) is 11.8 Å². The van der Waals surface area contributed by atoms with Crippen molar-refractivity contribution in [1.82, 2.24) is 4.98 Å². The van der Waals surface area contributed by atoms with E-state index in [1.807, 2.05) is 25.1 Å².